The van der Waals surface area contributed by atoms with Gasteiger partial charge < -0.3 is 15.4 Å². The van der Waals surface area contributed by atoms with E-state index in [0.29, 0.717) is 0 Å². The third-order valence-electron chi connectivity index (χ3n) is 4.33. The Hall–Kier alpha value is -1.05. The number of ether oxygens (including phenoxy) is 1. The number of hydrogen-bond acceptors (Lipinski definition) is 6. The Labute approximate surface area is 134 Å². The van der Waals surface area contributed by atoms with Crippen molar-refractivity contribution in [1.29, 1.82) is 0 Å². The molecule has 4 heterocycles. The number of aromatic nitrogens is 1. The summed E-state index contributed by atoms with van der Waals surface area (Å²) in [5.74, 6) is 0. The fourth-order valence-corrected chi connectivity index (χ4v) is 4.41. The van der Waals surface area contributed by atoms with Gasteiger partial charge in [0.2, 0.25) is 0 Å². The molecule has 2 aromatic heterocycles. The van der Waals surface area contributed by atoms with Crippen molar-refractivity contribution in [3.8, 4) is 0 Å². The third kappa shape index (κ3) is 3.02. The Kier molecular flexibility index (Phi) is 4.36. The van der Waals surface area contributed by atoms with Gasteiger partial charge in [0.1, 0.15) is 6.10 Å². The van der Waals surface area contributed by atoms with Crippen LogP contribution in [0.1, 0.15) is 16.7 Å². The van der Waals surface area contributed by atoms with E-state index in [9.17, 15) is 0 Å². The van der Waals surface area contributed by atoms with Gasteiger partial charge in [-0.1, -0.05) is 0 Å². The molecule has 2 fully saturated rings. The van der Waals surface area contributed by atoms with Gasteiger partial charge in [-0.25, -0.2) is 0 Å². The first-order valence-corrected chi connectivity index (χ1v) is 8.84. The van der Waals surface area contributed by atoms with Gasteiger partial charge in [-0.05, 0) is 17.5 Å². The van der Waals surface area contributed by atoms with Gasteiger partial charge in [-0.3, -0.25) is 9.88 Å². The van der Waals surface area contributed by atoms with Crippen molar-refractivity contribution in [2.24, 2.45) is 0 Å². The van der Waals surface area contributed by atoms with E-state index in [0.717, 1.165) is 58.1 Å². The average Bonchev–Trinajstić information content (AvgIpc) is 2.99. The van der Waals surface area contributed by atoms with Crippen LogP contribution in [0.5, 0.6) is 0 Å². The molecule has 0 aromatic carbocycles. The van der Waals surface area contributed by atoms with Gasteiger partial charge in [0.05, 0.1) is 17.0 Å². The lowest BCUT2D eigenvalue weighted by Gasteiger charge is -2.26. The Balaban J connectivity index is 1.59. The number of piperazine rings is 1. The number of fused-ring (bicyclic) bond motifs is 1. The number of thiophene rings is 1. The molecule has 6 heteroatoms. The lowest BCUT2D eigenvalue weighted by Crippen LogP contribution is -2.42. The van der Waals surface area contributed by atoms with Crippen LogP contribution in [0.25, 0.3) is 10.1 Å². The quantitative estimate of drug-likeness (QED) is 0.895. The van der Waals surface area contributed by atoms with Crippen LogP contribution in [-0.2, 0) is 11.3 Å². The van der Waals surface area contributed by atoms with Crippen LogP contribution in [0.15, 0.2) is 18.3 Å². The maximum absolute atomic E-state index is 5.89. The van der Waals surface area contributed by atoms with Crippen LogP contribution in [0, 0.1) is 0 Å². The molecule has 2 saturated heterocycles. The van der Waals surface area contributed by atoms with Crippen molar-refractivity contribution >= 4 is 21.4 Å². The minimum absolute atomic E-state index is 0.0862. The summed E-state index contributed by atoms with van der Waals surface area (Å²) in [6.07, 6.45) is 2.00. The van der Waals surface area contributed by atoms with E-state index in [4.69, 9.17) is 4.74 Å². The molecule has 1 unspecified atom stereocenters. The number of rotatable bonds is 3. The zero-order chi connectivity index (χ0) is 14.8. The highest BCUT2D eigenvalue weighted by Crippen LogP contribution is 2.32. The van der Waals surface area contributed by atoms with Crippen molar-refractivity contribution in [1.82, 2.24) is 20.5 Å². The van der Waals surface area contributed by atoms with Crippen molar-refractivity contribution in [3.05, 3.63) is 28.9 Å². The van der Waals surface area contributed by atoms with Crippen molar-refractivity contribution in [2.75, 3.05) is 45.9 Å². The molecule has 0 amide bonds. The van der Waals surface area contributed by atoms with Crippen molar-refractivity contribution in [3.63, 3.8) is 0 Å². The van der Waals surface area contributed by atoms with E-state index in [1.54, 1.807) is 0 Å². The minimum atomic E-state index is 0.0862. The molecular weight excluding hydrogens is 296 g/mol. The summed E-state index contributed by atoms with van der Waals surface area (Å²) in [5, 5.41) is 8.10. The molecule has 0 spiro atoms. The van der Waals surface area contributed by atoms with Crippen LogP contribution in [-0.4, -0.2) is 55.8 Å². The van der Waals surface area contributed by atoms with E-state index in [1.165, 1.54) is 15.0 Å². The van der Waals surface area contributed by atoms with Crippen LogP contribution in [0.2, 0.25) is 0 Å². The maximum Gasteiger partial charge on any atom is 0.113 e. The van der Waals surface area contributed by atoms with Crippen molar-refractivity contribution < 1.29 is 4.74 Å². The van der Waals surface area contributed by atoms with Gasteiger partial charge in [-0.2, -0.15) is 0 Å². The molecule has 0 saturated carbocycles. The van der Waals surface area contributed by atoms with Crippen LogP contribution in [0.3, 0.4) is 0 Å². The van der Waals surface area contributed by atoms with Gasteiger partial charge in [-0.15, -0.1) is 11.3 Å². The van der Waals surface area contributed by atoms with E-state index in [1.807, 2.05) is 17.5 Å². The molecule has 0 radical (unpaired) electrons. The predicted octanol–water partition coefficient (Wildman–Crippen LogP) is 1.36. The summed E-state index contributed by atoms with van der Waals surface area (Å²) in [5.41, 5.74) is 1.10. The Bertz CT molecular complexity index is 632. The minimum Gasteiger partial charge on any atom is -0.369 e. The highest BCUT2D eigenvalue weighted by molar-refractivity contribution is 7.19. The van der Waals surface area contributed by atoms with Gasteiger partial charge in [0.25, 0.3) is 0 Å². The first kappa shape index (κ1) is 14.5. The Morgan fingerprint density at radius 1 is 1.27 bits per heavy atom. The molecule has 4 rings (SSSR count). The zero-order valence-electron chi connectivity index (χ0n) is 12.7. The summed E-state index contributed by atoms with van der Waals surface area (Å²) in [6, 6.07) is 4.44. The monoisotopic (exact) mass is 318 g/mol. The maximum atomic E-state index is 5.89. The predicted molar refractivity (Wildman–Crippen MR) is 89.3 cm³/mol. The van der Waals surface area contributed by atoms with E-state index in [2.05, 4.69) is 32.7 Å². The fraction of sp³-hybridized carbons (Fsp3) is 0.562. The van der Waals surface area contributed by atoms with Crippen LogP contribution < -0.4 is 10.6 Å². The second-order valence-electron chi connectivity index (χ2n) is 5.92. The molecule has 1 atom stereocenters. The molecule has 2 aliphatic rings. The van der Waals surface area contributed by atoms with Gasteiger partial charge >= 0.3 is 0 Å². The number of nitrogens with one attached hydrogen (secondary N) is 2. The number of pyridine rings is 1. The smallest absolute Gasteiger partial charge is 0.113 e. The number of nitrogens with zero attached hydrogens (tertiary/aromatic N) is 2. The lowest BCUT2D eigenvalue weighted by atomic mass is 10.1. The van der Waals surface area contributed by atoms with E-state index >= 15 is 0 Å². The SMILES string of the molecule is c1cc2cc(CN3CCNCC3)sc2c(C2CNCCO2)n1. The molecule has 22 heavy (non-hydrogen) atoms. The fourth-order valence-electron chi connectivity index (χ4n) is 3.18. The molecule has 2 aromatic rings. The highest BCUT2D eigenvalue weighted by Gasteiger charge is 2.21. The molecule has 0 bridgehead atoms. The highest BCUT2D eigenvalue weighted by atomic mass is 32.1. The molecule has 118 valence electrons. The first-order chi connectivity index (χ1) is 10.9. The normalized spacial score (nSPS) is 23.9. The van der Waals surface area contributed by atoms with Crippen LogP contribution >= 0.6 is 11.3 Å². The topological polar surface area (TPSA) is 49.4 Å². The number of hydrogen-bond donors (Lipinski definition) is 2. The summed E-state index contributed by atoms with van der Waals surface area (Å²) in [6.45, 7) is 8.07. The van der Waals surface area contributed by atoms with Crippen molar-refractivity contribution in [2.45, 2.75) is 12.6 Å². The molecule has 2 aliphatic heterocycles. The Morgan fingerprint density at radius 3 is 3.00 bits per heavy atom. The summed E-state index contributed by atoms with van der Waals surface area (Å²) in [4.78, 5) is 8.56. The standard InChI is InChI=1S/C16H22N4OS/c1-2-19-15(14-10-18-5-8-21-14)16-12(1)9-13(22-16)11-20-6-3-17-4-7-20/h1-2,9,14,17-18H,3-8,10-11H2. The number of morpholine rings is 1. The molecule has 5 nitrogen and oxygen atoms in total. The molecule has 0 aliphatic carbocycles. The van der Waals surface area contributed by atoms with Gasteiger partial charge in [0, 0.05) is 56.9 Å². The summed E-state index contributed by atoms with van der Waals surface area (Å²) >= 11 is 1.88. The summed E-state index contributed by atoms with van der Waals surface area (Å²) in [7, 11) is 0. The second-order valence-corrected chi connectivity index (χ2v) is 7.05. The van der Waals surface area contributed by atoms with Crippen LogP contribution in [0.4, 0.5) is 0 Å². The summed E-state index contributed by atoms with van der Waals surface area (Å²) < 4.78 is 7.19. The Morgan fingerprint density at radius 2 is 2.18 bits per heavy atom. The van der Waals surface area contributed by atoms with E-state index < -0.39 is 0 Å². The third-order valence-corrected chi connectivity index (χ3v) is 5.49. The molecular formula is C16H22N4OS. The molecule has 2 N–H and O–H groups in total. The van der Waals surface area contributed by atoms with E-state index in [-0.39, 0.29) is 6.10 Å². The average molecular weight is 318 g/mol. The zero-order valence-corrected chi connectivity index (χ0v) is 13.5. The lowest BCUT2D eigenvalue weighted by molar-refractivity contribution is 0.0261. The largest absolute Gasteiger partial charge is 0.369 e. The first-order valence-electron chi connectivity index (χ1n) is 8.03. The second kappa shape index (κ2) is 6.60. The van der Waals surface area contributed by atoms with Gasteiger partial charge in [0.15, 0.2) is 0 Å².